The summed E-state index contributed by atoms with van der Waals surface area (Å²) in [5.74, 6) is 0.354. The fraction of sp³-hybridized carbons (Fsp3) is 0.0455. The van der Waals surface area contributed by atoms with Crippen LogP contribution in [0.2, 0.25) is 0 Å². The molecule has 0 bridgehead atoms. The molecule has 4 aromatic rings. The van der Waals surface area contributed by atoms with E-state index >= 15 is 0 Å². The summed E-state index contributed by atoms with van der Waals surface area (Å²) >= 11 is 1.53. The number of fused-ring (bicyclic) bond motifs is 1. The Morgan fingerprint density at radius 3 is 2.69 bits per heavy atom. The smallest absolute Gasteiger partial charge is 0.244 e. The third-order valence-corrected chi connectivity index (χ3v) is 4.99. The molecule has 0 aliphatic heterocycles. The average Bonchev–Trinajstić information content (AvgIpc) is 3.16. The number of hydrogen-bond acceptors (Lipinski definition) is 5. The molecule has 1 N–H and O–H groups in total. The van der Waals surface area contributed by atoms with Crippen molar-refractivity contribution in [1.29, 1.82) is 0 Å². The fourth-order valence-corrected chi connectivity index (χ4v) is 3.43. The molecule has 7 heteroatoms. The van der Waals surface area contributed by atoms with Crippen LogP contribution in [0.3, 0.4) is 0 Å². The molecular formula is C22H16FN3O2S. The number of benzene rings is 2. The van der Waals surface area contributed by atoms with Gasteiger partial charge in [-0.15, -0.1) is 11.3 Å². The summed E-state index contributed by atoms with van der Waals surface area (Å²) < 4.78 is 19.5. The van der Waals surface area contributed by atoms with Crippen LogP contribution < -0.4 is 10.1 Å². The number of ether oxygens (including phenoxy) is 1. The second-order valence-corrected chi connectivity index (χ2v) is 7.19. The Kier molecular flexibility index (Phi) is 5.58. The number of nitrogens with one attached hydrogen (secondary N) is 1. The van der Waals surface area contributed by atoms with Gasteiger partial charge in [-0.25, -0.2) is 14.4 Å². The third kappa shape index (κ3) is 5.03. The number of rotatable bonds is 6. The maximum absolute atomic E-state index is 12.9. The van der Waals surface area contributed by atoms with E-state index in [2.05, 4.69) is 15.3 Å². The topological polar surface area (TPSA) is 64.1 Å². The summed E-state index contributed by atoms with van der Waals surface area (Å²) in [6.45, 7) is 0.340. The SMILES string of the molecule is O=C(/C=C/c1nc2ccccc2s1)NCc1ccc(Oc2ccc(F)cc2)nc1. The molecule has 0 aliphatic carbocycles. The van der Waals surface area contributed by atoms with E-state index in [4.69, 9.17) is 4.74 Å². The van der Waals surface area contributed by atoms with Crippen molar-refractivity contribution in [3.63, 3.8) is 0 Å². The summed E-state index contributed by atoms with van der Waals surface area (Å²) in [5, 5.41) is 3.59. The van der Waals surface area contributed by atoms with Gasteiger partial charge in [-0.2, -0.15) is 0 Å². The first-order valence-corrected chi connectivity index (χ1v) is 9.67. The van der Waals surface area contributed by atoms with Gasteiger partial charge in [0.2, 0.25) is 11.8 Å². The van der Waals surface area contributed by atoms with Gasteiger partial charge in [0.25, 0.3) is 0 Å². The number of pyridine rings is 1. The van der Waals surface area contributed by atoms with E-state index in [1.165, 1.54) is 41.7 Å². The first kappa shape index (κ1) is 18.8. The van der Waals surface area contributed by atoms with Gasteiger partial charge in [-0.3, -0.25) is 4.79 Å². The van der Waals surface area contributed by atoms with Crippen LogP contribution in [0.15, 0.2) is 72.9 Å². The van der Waals surface area contributed by atoms with Crippen molar-refractivity contribution < 1.29 is 13.9 Å². The lowest BCUT2D eigenvalue weighted by molar-refractivity contribution is -0.116. The van der Waals surface area contributed by atoms with Crippen molar-refractivity contribution >= 4 is 33.5 Å². The lowest BCUT2D eigenvalue weighted by atomic mass is 10.3. The van der Waals surface area contributed by atoms with Crippen molar-refractivity contribution in [3.8, 4) is 11.6 Å². The van der Waals surface area contributed by atoms with E-state index in [9.17, 15) is 9.18 Å². The van der Waals surface area contributed by atoms with Crippen LogP contribution >= 0.6 is 11.3 Å². The lowest BCUT2D eigenvalue weighted by Crippen LogP contribution is -2.20. The third-order valence-electron chi connectivity index (χ3n) is 3.99. The minimum atomic E-state index is -0.325. The predicted molar refractivity (Wildman–Crippen MR) is 111 cm³/mol. The summed E-state index contributed by atoms with van der Waals surface area (Å²) in [4.78, 5) is 20.7. The maximum Gasteiger partial charge on any atom is 0.244 e. The zero-order valence-electron chi connectivity index (χ0n) is 15.2. The lowest BCUT2D eigenvalue weighted by Gasteiger charge is -2.06. The molecule has 29 heavy (non-hydrogen) atoms. The Bertz CT molecular complexity index is 1120. The molecular weight excluding hydrogens is 389 g/mol. The van der Waals surface area contributed by atoms with Gasteiger partial charge >= 0.3 is 0 Å². The molecule has 2 heterocycles. The molecule has 0 spiro atoms. The molecule has 0 saturated carbocycles. The molecule has 0 unspecified atom stereocenters. The summed E-state index contributed by atoms with van der Waals surface area (Å²) in [6, 6.07) is 17.1. The largest absolute Gasteiger partial charge is 0.439 e. The minimum Gasteiger partial charge on any atom is -0.439 e. The molecule has 0 saturated heterocycles. The molecule has 4 rings (SSSR count). The highest BCUT2D eigenvalue weighted by atomic mass is 32.1. The number of hydrogen-bond donors (Lipinski definition) is 1. The normalized spacial score (nSPS) is 11.1. The number of carbonyl (C=O) groups excluding carboxylic acids is 1. The highest BCUT2D eigenvalue weighted by molar-refractivity contribution is 7.19. The van der Waals surface area contributed by atoms with Crippen LogP contribution in [0, 0.1) is 5.82 Å². The highest BCUT2D eigenvalue weighted by Crippen LogP contribution is 2.22. The first-order chi connectivity index (χ1) is 14.2. The van der Waals surface area contributed by atoms with Crippen LogP contribution in [-0.4, -0.2) is 15.9 Å². The van der Waals surface area contributed by atoms with Gasteiger partial charge in [0.05, 0.1) is 10.2 Å². The van der Waals surface area contributed by atoms with E-state index in [-0.39, 0.29) is 11.7 Å². The number of para-hydroxylation sites is 1. The van der Waals surface area contributed by atoms with E-state index in [0.29, 0.717) is 18.2 Å². The highest BCUT2D eigenvalue weighted by Gasteiger charge is 2.03. The molecule has 5 nitrogen and oxygen atoms in total. The Morgan fingerprint density at radius 2 is 1.93 bits per heavy atom. The van der Waals surface area contributed by atoms with E-state index < -0.39 is 0 Å². The minimum absolute atomic E-state index is 0.212. The molecule has 0 radical (unpaired) electrons. The molecule has 2 aromatic carbocycles. The van der Waals surface area contributed by atoms with Crippen molar-refractivity contribution in [2.24, 2.45) is 0 Å². The van der Waals surface area contributed by atoms with Crippen LogP contribution in [0.1, 0.15) is 10.6 Å². The van der Waals surface area contributed by atoms with Crippen LogP contribution in [0.4, 0.5) is 4.39 Å². The van der Waals surface area contributed by atoms with Crippen LogP contribution in [0.25, 0.3) is 16.3 Å². The Labute approximate surface area is 170 Å². The molecule has 0 aliphatic rings. The van der Waals surface area contributed by atoms with Gasteiger partial charge in [0.15, 0.2) is 0 Å². The van der Waals surface area contributed by atoms with Gasteiger partial charge in [-0.1, -0.05) is 18.2 Å². The quantitative estimate of drug-likeness (QED) is 0.461. The van der Waals surface area contributed by atoms with Gasteiger partial charge in [0, 0.05) is 24.9 Å². The summed E-state index contributed by atoms with van der Waals surface area (Å²) in [5.41, 5.74) is 1.75. The number of halogens is 1. The zero-order chi connectivity index (χ0) is 20.1. The monoisotopic (exact) mass is 405 g/mol. The van der Waals surface area contributed by atoms with E-state index in [0.717, 1.165) is 20.8 Å². The molecule has 2 aromatic heterocycles. The van der Waals surface area contributed by atoms with Crippen LogP contribution in [0.5, 0.6) is 11.6 Å². The first-order valence-electron chi connectivity index (χ1n) is 8.85. The number of carbonyl (C=O) groups is 1. The Balaban J connectivity index is 1.30. The standard InChI is InChI=1S/C22H16FN3O2S/c23-16-6-8-17(9-7-16)28-21-11-5-15(14-25-21)13-24-20(27)10-12-22-26-18-3-1-2-4-19(18)29-22/h1-12,14H,13H2,(H,24,27)/b12-10+. The average molecular weight is 405 g/mol. The van der Waals surface area contributed by atoms with Crippen molar-refractivity contribution in [1.82, 2.24) is 15.3 Å². The number of amides is 1. The zero-order valence-corrected chi connectivity index (χ0v) is 16.0. The summed E-state index contributed by atoms with van der Waals surface area (Å²) in [7, 11) is 0. The Hall–Kier alpha value is -3.58. The molecule has 0 fully saturated rings. The molecule has 1 amide bonds. The fourth-order valence-electron chi connectivity index (χ4n) is 2.56. The summed E-state index contributed by atoms with van der Waals surface area (Å²) in [6.07, 6.45) is 4.80. The number of nitrogens with zero attached hydrogens (tertiary/aromatic N) is 2. The van der Waals surface area contributed by atoms with Crippen molar-refractivity contribution in [2.45, 2.75) is 6.54 Å². The van der Waals surface area contributed by atoms with Crippen molar-refractivity contribution in [3.05, 3.63) is 89.3 Å². The molecule has 0 atom stereocenters. The second kappa shape index (κ2) is 8.62. The van der Waals surface area contributed by atoms with Gasteiger partial charge in [0.1, 0.15) is 16.6 Å². The maximum atomic E-state index is 12.9. The number of aromatic nitrogens is 2. The van der Waals surface area contributed by atoms with E-state index in [1.54, 1.807) is 18.3 Å². The second-order valence-electron chi connectivity index (χ2n) is 6.13. The molecule has 144 valence electrons. The van der Waals surface area contributed by atoms with Crippen molar-refractivity contribution in [2.75, 3.05) is 0 Å². The van der Waals surface area contributed by atoms with Gasteiger partial charge < -0.3 is 10.1 Å². The number of thiazole rings is 1. The van der Waals surface area contributed by atoms with Gasteiger partial charge in [-0.05, 0) is 48.0 Å². The Morgan fingerprint density at radius 1 is 1.10 bits per heavy atom. The predicted octanol–water partition coefficient (Wildman–Crippen LogP) is 4.95. The van der Waals surface area contributed by atoms with Crippen LogP contribution in [-0.2, 0) is 11.3 Å². The van der Waals surface area contributed by atoms with E-state index in [1.807, 2.05) is 30.3 Å².